The standard InChI is InChI=1S/C27H34F7N7O5/c1-25(28)5-3-14(4-6-25)22(40-24(44)46-12-16(36)8-20(42)27(32,33)34)17-10-37-21(38-17)7-15(9-35)18(13-45-2)41-11-19(26(29,30)31)39-23(41)43/h7-10,14,18-19,22,35-36,42H,3-6,11-13H2,1-2H3,(H,37,38)(H,39,43)(H,40,44)/b15-7+,20-8-,35-9?,36-16?/t14?,18-,19+,22+,25?/m1/s1. The molecule has 1 aliphatic carbocycles. The van der Waals surface area contributed by atoms with Crippen LogP contribution >= 0.6 is 0 Å². The molecule has 2 heterocycles. The number of alkyl carbamates (subject to hydrolysis) is 1. The first-order chi connectivity index (χ1) is 21.3. The molecule has 1 saturated heterocycles. The molecule has 0 spiro atoms. The minimum atomic E-state index is -5.09. The Morgan fingerprint density at radius 1 is 1.28 bits per heavy atom. The van der Waals surface area contributed by atoms with Gasteiger partial charge >= 0.3 is 24.5 Å². The van der Waals surface area contributed by atoms with Crippen LogP contribution in [0.25, 0.3) is 6.08 Å². The SMILES string of the molecule is COC[C@H](/C(C=N)=C/c1nc([C@@H](NC(=O)OCC(=N)/C=C(\O)C(F)(F)F)C2CCC(C)(F)CC2)c[nH]1)N1C[C@@H](C(F)(F)F)NC1=O. The third kappa shape index (κ3) is 9.67. The molecule has 1 aromatic rings. The van der Waals surface area contributed by atoms with Gasteiger partial charge in [-0.05, 0) is 50.2 Å². The molecule has 0 unspecified atom stereocenters. The van der Waals surface area contributed by atoms with Crippen LogP contribution in [-0.2, 0) is 9.47 Å². The molecule has 6 N–H and O–H groups in total. The molecular formula is C27H34F7N7O5. The largest absolute Gasteiger partial charge is 0.504 e. The molecule has 1 aliphatic heterocycles. The summed E-state index contributed by atoms with van der Waals surface area (Å²) >= 11 is 0. The minimum absolute atomic E-state index is 0.0594. The second-order valence-electron chi connectivity index (χ2n) is 11.2. The molecule has 2 fully saturated rings. The van der Waals surface area contributed by atoms with E-state index in [1.54, 1.807) is 0 Å². The Morgan fingerprint density at radius 2 is 1.93 bits per heavy atom. The van der Waals surface area contributed by atoms with Gasteiger partial charge in [-0.2, -0.15) is 26.3 Å². The summed E-state index contributed by atoms with van der Waals surface area (Å²) in [5.74, 6) is -2.33. The maximum absolute atomic E-state index is 14.5. The summed E-state index contributed by atoms with van der Waals surface area (Å²) < 4.78 is 102. The quantitative estimate of drug-likeness (QED) is 0.102. The fraction of sp³-hybridized carbons (Fsp3) is 0.593. The number of aliphatic hydroxyl groups is 1. The molecule has 3 amide bonds. The summed E-state index contributed by atoms with van der Waals surface area (Å²) in [6, 6.07) is -5.14. The van der Waals surface area contributed by atoms with Crippen molar-refractivity contribution in [3.8, 4) is 0 Å². The summed E-state index contributed by atoms with van der Waals surface area (Å²) in [4.78, 5) is 33.2. The smallest absolute Gasteiger partial charge is 0.448 e. The summed E-state index contributed by atoms with van der Waals surface area (Å²) in [6.45, 7) is -0.446. The van der Waals surface area contributed by atoms with Crippen LogP contribution in [0.15, 0.2) is 23.6 Å². The Balaban J connectivity index is 1.83. The third-order valence-corrected chi connectivity index (χ3v) is 7.60. The monoisotopic (exact) mass is 669 g/mol. The number of aromatic amines is 1. The van der Waals surface area contributed by atoms with Crippen LogP contribution in [0.3, 0.4) is 0 Å². The number of carbonyl (C=O) groups is 2. The van der Waals surface area contributed by atoms with Gasteiger partial charge in [-0.25, -0.2) is 19.0 Å². The highest BCUT2D eigenvalue weighted by Crippen LogP contribution is 2.40. The predicted octanol–water partition coefficient (Wildman–Crippen LogP) is 5.12. The van der Waals surface area contributed by atoms with Crippen molar-refractivity contribution in [1.29, 1.82) is 10.8 Å². The summed E-state index contributed by atoms with van der Waals surface area (Å²) in [5.41, 5.74) is -2.02. The zero-order chi connectivity index (χ0) is 34.4. The Hall–Kier alpha value is -4.16. The Labute approximate surface area is 258 Å². The number of halogens is 7. The van der Waals surface area contributed by atoms with E-state index in [0.717, 1.165) is 11.1 Å². The number of carbonyl (C=O) groups excluding carboxylic acids is 2. The molecule has 0 bridgehead atoms. The number of alkyl halides is 7. The number of urea groups is 1. The average Bonchev–Trinajstić information content (AvgIpc) is 3.58. The average molecular weight is 670 g/mol. The van der Waals surface area contributed by atoms with Gasteiger partial charge in [-0.1, -0.05) is 0 Å². The maximum atomic E-state index is 14.5. The maximum Gasteiger partial charge on any atom is 0.448 e. The van der Waals surface area contributed by atoms with Crippen LogP contribution in [0.1, 0.15) is 50.2 Å². The predicted molar refractivity (Wildman–Crippen MR) is 149 cm³/mol. The van der Waals surface area contributed by atoms with Crippen LogP contribution in [0.4, 0.5) is 40.3 Å². The number of H-pyrrole nitrogens is 1. The number of hydrogen-bond donors (Lipinski definition) is 6. The number of amides is 3. The highest BCUT2D eigenvalue weighted by Gasteiger charge is 2.48. The fourth-order valence-corrected chi connectivity index (χ4v) is 5.12. The normalized spacial score (nSPS) is 24.3. The van der Waals surface area contributed by atoms with Crippen LogP contribution in [-0.4, -0.2) is 101 Å². The molecule has 0 radical (unpaired) electrons. The van der Waals surface area contributed by atoms with Crippen molar-refractivity contribution >= 4 is 30.1 Å². The lowest BCUT2D eigenvalue weighted by Gasteiger charge is -2.35. The molecule has 3 rings (SSSR count). The van der Waals surface area contributed by atoms with E-state index in [9.17, 15) is 40.3 Å². The highest BCUT2D eigenvalue weighted by molar-refractivity contribution is 5.94. The topological polar surface area (TPSA) is 177 Å². The molecular weight excluding hydrogens is 635 g/mol. The van der Waals surface area contributed by atoms with Gasteiger partial charge in [0.1, 0.15) is 24.1 Å². The van der Waals surface area contributed by atoms with Crippen molar-refractivity contribution in [3.05, 3.63) is 35.1 Å². The Bertz CT molecular complexity index is 1330. The number of rotatable bonds is 12. The number of allylic oxidation sites excluding steroid dienone is 1. The fourth-order valence-electron chi connectivity index (χ4n) is 5.12. The summed E-state index contributed by atoms with van der Waals surface area (Å²) in [6.07, 6.45) is -6.39. The van der Waals surface area contributed by atoms with E-state index in [1.165, 1.54) is 26.3 Å². The molecule has 46 heavy (non-hydrogen) atoms. The molecule has 1 saturated carbocycles. The number of nitrogens with one attached hydrogen (secondary N) is 5. The zero-order valence-corrected chi connectivity index (χ0v) is 24.7. The number of methoxy groups -OCH3 is 1. The number of nitrogens with zero attached hydrogens (tertiary/aromatic N) is 2. The molecule has 12 nitrogen and oxygen atoms in total. The van der Waals surface area contributed by atoms with Gasteiger partial charge in [0, 0.05) is 25.6 Å². The van der Waals surface area contributed by atoms with Crippen LogP contribution in [0, 0.1) is 16.7 Å². The van der Waals surface area contributed by atoms with Crippen molar-refractivity contribution in [2.75, 3.05) is 26.9 Å². The second kappa shape index (κ2) is 14.5. The highest BCUT2D eigenvalue weighted by atomic mass is 19.4. The lowest BCUT2D eigenvalue weighted by atomic mass is 9.77. The van der Waals surface area contributed by atoms with E-state index >= 15 is 0 Å². The van der Waals surface area contributed by atoms with Gasteiger partial charge in [-0.15, -0.1) is 0 Å². The molecule has 1 aromatic heterocycles. The van der Waals surface area contributed by atoms with Crippen molar-refractivity contribution in [2.45, 2.75) is 68.8 Å². The number of aliphatic hydroxyl groups excluding tert-OH is 1. The Morgan fingerprint density at radius 3 is 2.48 bits per heavy atom. The molecule has 0 aromatic carbocycles. The van der Waals surface area contributed by atoms with Gasteiger partial charge in [0.25, 0.3) is 0 Å². The first-order valence-electron chi connectivity index (χ1n) is 13.9. The molecule has 256 valence electrons. The van der Waals surface area contributed by atoms with Gasteiger partial charge in [0.15, 0.2) is 5.76 Å². The summed E-state index contributed by atoms with van der Waals surface area (Å²) in [5, 5.41) is 28.8. The van der Waals surface area contributed by atoms with Crippen molar-refractivity contribution < 1.29 is 54.9 Å². The molecule has 2 aliphatic rings. The van der Waals surface area contributed by atoms with Gasteiger partial charge in [0.2, 0.25) is 0 Å². The van der Waals surface area contributed by atoms with Crippen LogP contribution in [0.5, 0.6) is 0 Å². The number of hydrogen-bond acceptors (Lipinski definition) is 8. The second-order valence-corrected chi connectivity index (χ2v) is 11.2. The van der Waals surface area contributed by atoms with Gasteiger partial charge < -0.3 is 45.9 Å². The first-order valence-corrected chi connectivity index (χ1v) is 13.9. The molecule has 3 atom stereocenters. The van der Waals surface area contributed by atoms with Crippen LogP contribution in [0.2, 0.25) is 0 Å². The minimum Gasteiger partial charge on any atom is -0.504 e. The van der Waals surface area contributed by atoms with Gasteiger partial charge in [0.05, 0.1) is 36.6 Å². The van der Waals surface area contributed by atoms with Crippen LogP contribution < -0.4 is 10.6 Å². The Kier molecular flexibility index (Phi) is 11.5. The third-order valence-electron chi connectivity index (χ3n) is 7.60. The van der Waals surface area contributed by atoms with E-state index < -0.39 is 72.9 Å². The van der Waals surface area contributed by atoms with E-state index in [-0.39, 0.29) is 48.5 Å². The number of ether oxygens (including phenoxy) is 2. The molecule has 19 heteroatoms. The van der Waals surface area contributed by atoms with E-state index in [2.05, 4.69) is 15.3 Å². The first kappa shape index (κ1) is 36.3. The van der Waals surface area contributed by atoms with E-state index in [0.29, 0.717) is 12.8 Å². The zero-order valence-electron chi connectivity index (χ0n) is 24.7. The lowest BCUT2D eigenvalue weighted by Crippen LogP contribution is -2.42. The number of imidazole rings is 1. The van der Waals surface area contributed by atoms with E-state index in [4.69, 9.17) is 25.4 Å². The lowest BCUT2D eigenvalue weighted by molar-refractivity contribution is -0.150. The summed E-state index contributed by atoms with van der Waals surface area (Å²) in [7, 11) is 1.27. The van der Waals surface area contributed by atoms with Gasteiger partial charge in [-0.3, -0.25) is 0 Å². The van der Waals surface area contributed by atoms with Crippen molar-refractivity contribution in [3.63, 3.8) is 0 Å². The van der Waals surface area contributed by atoms with E-state index in [1.807, 2.05) is 5.32 Å². The number of aromatic nitrogens is 2. The van der Waals surface area contributed by atoms with Crippen molar-refractivity contribution in [1.82, 2.24) is 25.5 Å². The van der Waals surface area contributed by atoms with Crippen molar-refractivity contribution in [2.24, 2.45) is 5.92 Å².